The van der Waals surface area contributed by atoms with E-state index < -0.39 is 35.5 Å². The van der Waals surface area contributed by atoms with Gasteiger partial charge in [-0.3, -0.25) is 9.59 Å². The van der Waals surface area contributed by atoms with Gasteiger partial charge in [0, 0.05) is 0 Å². The first kappa shape index (κ1) is 9.45. The molecule has 6 nitrogen and oxygen atoms in total. The summed E-state index contributed by atoms with van der Waals surface area (Å²) in [5.41, 5.74) is -0.386. The molecule has 0 aromatic heterocycles. The van der Waals surface area contributed by atoms with Crippen LogP contribution in [0.5, 0.6) is 0 Å². The molecule has 2 atom stereocenters. The van der Waals surface area contributed by atoms with E-state index in [2.05, 4.69) is 4.74 Å². The van der Waals surface area contributed by atoms with Crippen LogP contribution in [-0.4, -0.2) is 28.1 Å². The van der Waals surface area contributed by atoms with Gasteiger partial charge in [0.2, 0.25) is 0 Å². The van der Waals surface area contributed by atoms with Crippen molar-refractivity contribution < 1.29 is 29.3 Å². The smallest absolute Gasteiger partial charge is 0.339 e. The molecule has 1 fully saturated rings. The Labute approximate surface area is 83.5 Å². The van der Waals surface area contributed by atoms with Crippen molar-refractivity contribution in [2.24, 2.45) is 11.8 Å². The van der Waals surface area contributed by atoms with Crippen LogP contribution in [-0.2, 0) is 19.1 Å². The Kier molecular flexibility index (Phi) is 1.85. The van der Waals surface area contributed by atoms with Crippen LogP contribution >= 0.6 is 0 Å². The van der Waals surface area contributed by atoms with Crippen LogP contribution < -0.4 is 0 Å². The van der Waals surface area contributed by atoms with E-state index in [1.54, 1.807) is 0 Å². The summed E-state index contributed by atoms with van der Waals surface area (Å²) in [5, 5.41) is 18.0. The third-order valence-corrected chi connectivity index (χ3v) is 2.32. The van der Waals surface area contributed by atoms with Gasteiger partial charge in [-0.25, -0.2) is 4.79 Å². The van der Waals surface area contributed by atoms with Gasteiger partial charge in [0.15, 0.2) is 0 Å². The topological polar surface area (TPSA) is 101 Å². The molecular weight excluding hydrogens is 204 g/mol. The number of aliphatic hydroxyl groups excluding tert-OH is 1. The van der Waals surface area contributed by atoms with Gasteiger partial charge in [0.1, 0.15) is 5.76 Å². The zero-order valence-corrected chi connectivity index (χ0v) is 7.34. The first-order chi connectivity index (χ1) is 7.00. The SMILES string of the molecule is O=C(O)C1=CC2C(=O)OC(=O)C2C=C1O. The second-order valence-electron chi connectivity index (χ2n) is 3.23. The van der Waals surface area contributed by atoms with E-state index >= 15 is 0 Å². The maximum Gasteiger partial charge on any atom is 0.339 e. The van der Waals surface area contributed by atoms with Gasteiger partial charge in [-0.1, -0.05) is 6.08 Å². The minimum atomic E-state index is -1.35. The van der Waals surface area contributed by atoms with Gasteiger partial charge in [0.05, 0.1) is 17.4 Å². The predicted octanol–water partition coefficient (Wildman–Crippen LogP) is -0.231. The Hall–Kier alpha value is -2.11. The van der Waals surface area contributed by atoms with E-state index in [-0.39, 0.29) is 5.57 Å². The molecule has 0 aromatic rings. The fraction of sp³-hybridized carbons (Fsp3) is 0.222. The maximum absolute atomic E-state index is 11.1. The van der Waals surface area contributed by atoms with Crippen molar-refractivity contribution in [1.29, 1.82) is 0 Å². The van der Waals surface area contributed by atoms with Gasteiger partial charge < -0.3 is 14.9 Å². The molecule has 2 unspecified atom stereocenters. The van der Waals surface area contributed by atoms with Gasteiger partial charge >= 0.3 is 17.9 Å². The molecule has 1 saturated heterocycles. The molecular formula is C9H6O6. The van der Waals surface area contributed by atoms with Crippen LogP contribution in [0.4, 0.5) is 0 Å². The third kappa shape index (κ3) is 1.30. The van der Waals surface area contributed by atoms with Crippen molar-refractivity contribution in [1.82, 2.24) is 0 Å². The van der Waals surface area contributed by atoms with E-state index in [1.165, 1.54) is 0 Å². The maximum atomic E-state index is 11.1. The minimum Gasteiger partial charge on any atom is -0.507 e. The van der Waals surface area contributed by atoms with E-state index in [0.717, 1.165) is 12.2 Å². The number of rotatable bonds is 1. The number of carbonyl (C=O) groups is 3. The molecule has 1 aliphatic heterocycles. The Bertz CT molecular complexity index is 430. The zero-order chi connectivity index (χ0) is 11.2. The minimum absolute atomic E-state index is 0.386. The quantitative estimate of drug-likeness (QED) is 0.458. The van der Waals surface area contributed by atoms with Gasteiger partial charge in [-0.15, -0.1) is 0 Å². The summed E-state index contributed by atoms with van der Waals surface area (Å²) >= 11 is 0. The second kappa shape index (κ2) is 2.94. The van der Waals surface area contributed by atoms with Crippen LogP contribution in [0.1, 0.15) is 0 Å². The number of hydrogen-bond acceptors (Lipinski definition) is 5. The molecule has 0 saturated carbocycles. The van der Waals surface area contributed by atoms with Crippen molar-refractivity contribution in [3.05, 3.63) is 23.5 Å². The predicted molar refractivity (Wildman–Crippen MR) is 44.5 cm³/mol. The molecule has 6 heteroatoms. The summed E-state index contributed by atoms with van der Waals surface area (Å²) in [6.45, 7) is 0. The lowest BCUT2D eigenvalue weighted by molar-refractivity contribution is -0.153. The number of ether oxygens (including phenoxy) is 1. The van der Waals surface area contributed by atoms with Gasteiger partial charge in [0.25, 0.3) is 0 Å². The van der Waals surface area contributed by atoms with E-state index in [9.17, 15) is 19.5 Å². The summed E-state index contributed by atoms with van der Waals surface area (Å²) in [6.07, 6.45) is 2.07. The first-order valence-corrected chi connectivity index (χ1v) is 4.12. The fourth-order valence-electron chi connectivity index (χ4n) is 1.58. The van der Waals surface area contributed by atoms with E-state index in [0.29, 0.717) is 0 Å². The molecule has 2 rings (SSSR count). The van der Waals surface area contributed by atoms with Crippen LogP contribution in [0.2, 0.25) is 0 Å². The highest BCUT2D eigenvalue weighted by Crippen LogP contribution is 2.33. The van der Waals surface area contributed by atoms with Crippen LogP contribution in [0.3, 0.4) is 0 Å². The van der Waals surface area contributed by atoms with Crippen molar-refractivity contribution in [2.75, 3.05) is 0 Å². The summed E-state index contributed by atoms with van der Waals surface area (Å²) in [5.74, 6) is -5.26. The lowest BCUT2D eigenvalue weighted by atomic mass is 9.87. The summed E-state index contributed by atoms with van der Waals surface area (Å²) in [6, 6.07) is 0. The lowest BCUT2D eigenvalue weighted by Crippen LogP contribution is -2.21. The summed E-state index contributed by atoms with van der Waals surface area (Å²) in [4.78, 5) is 32.8. The number of carboxylic acids is 1. The number of esters is 2. The molecule has 15 heavy (non-hydrogen) atoms. The van der Waals surface area contributed by atoms with Crippen molar-refractivity contribution >= 4 is 17.9 Å². The van der Waals surface area contributed by atoms with Gasteiger partial charge in [-0.2, -0.15) is 0 Å². The van der Waals surface area contributed by atoms with Crippen LogP contribution in [0.15, 0.2) is 23.5 Å². The van der Waals surface area contributed by atoms with Crippen LogP contribution in [0, 0.1) is 11.8 Å². The Morgan fingerprint density at radius 3 is 2.27 bits per heavy atom. The van der Waals surface area contributed by atoms with Gasteiger partial charge in [-0.05, 0) is 6.08 Å². The number of carbonyl (C=O) groups excluding carboxylic acids is 2. The lowest BCUT2D eigenvalue weighted by Gasteiger charge is -2.13. The Morgan fingerprint density at radius 1 is 1.20 bits per heavy atom. The standard InChI is InChI=1S/C9H6O6/c10-6-2-4-3(1-5(6)7(11)12)8(13)15-9(4)14/h1-4,10H,(H,11,12). The number of aliphatic carboxylic acids is 1. The zero-order valence-electron chi connectivity index (χ0n) is 7.34. The molecule has 1 heterocycles. The van der Waals surface area contributed by atoms with Crippen LogP contribution in [0.25, 0.3) is 0 Å². The fourth-order valence-corrected chi connectivity index (χ4v) is 1.58. The molecule has 1 aliphatic carbocycles. The summed E-state index contributed by atoms with van der Waals surface area (Å²) in [7, 11) is 0. The number of cyclic esters (lactones) is 2. The monoisotopic (exact) mass is 210 g/mol. The highest BCUT2D eigenvalue weighted by atomic mass is 16.6. The normalized spacial score (nSPS) is 29.1. The van der Waals surface area contributed by atoms with Crippen molar-refractivity contribution in [2.45, 2.75) is 0 Å². The Morgan fingerprint density at radius 2 is 1.73 bits per heavy atom. The van der Waals surface area contributed by atoms with Crippen molar-refractivity contribution in [3.63, 3.8) is 0 Å². The van der Waals surface area contributed by atoms with Crippen molar-refractivity contribution in [3.8, 4) is 0 Å². The average molecular weight is 210 g/mol. The number of fused-ring (bicyclic) bond motifs is 1. The van der Waals surface area contributed by atoms with E-state index in [4.69, 9.17) is 5.11 Å². The molecule has 2 aliphatic rings. The molecule has 2 N–H and O–H groups in total. The highest BCUT2D eigenvalue weighted by molar-refractivity contribution is 6.01. The Balaban J connectivity index is 2.43. The molecule has 0 bridgehead atoms. The molecule has 0 radical (unpaired) electrons. The highest BCUT2D eigenvalue weighted by Gasteiger charge is 2.45. The molecule has 78 valence electrons. The van der Waals surface area contributed by atoms with E-state index in [1.807, 2.05) is 0 Å². The largest absolute Gasteiger partial charge is 0.507 e. The second-order valence-corrected chi connectivity index (χ2v) is 3.23. The average Bonchev–Trinajstić information content (AvgIpc) is 2.41. The summed E-state index contributed by atoms with van der Waals surface area (Å²) < 4.78 is 4.31. The molecule has 0 amide bonds. The number of hydrogen-bond donors (Lipinski definition) is 2. The molecule has 0 aromatic carbocycles. The molecule has 0 spiro atoms. The number of carboxylic acid groups (broad SMARTS) is 1. The first-order valence-electron chi connectivity index (χ1n) is 4.12. The number of aliphatic hydroxyl groups is 1. The third-order valence-electron chi connectivity index (χ3n) is 2.32.